The van der Waals surface area contributed by atoms with Crippen LogP contribution in [0, 0.1) is 0 Å². The van der Waals surface area contributed by atoms with Crippen molar-refractivity contribution in [3.05, 3.63) is 0 Å². The van der Waals surface area contributed by atoms with Crippen molar-refractivity contribution in [3.8, 4) is 0 Å². The highest BCUT2D eigenvalue weighted by atomic mass is 32.4. The fraction of sp³-hybridized carbons (Fsp3) is 1.00. The van der Waals surface area contributed by atoms with Crippen molar-refractivity contribution in [2.45, 2.75) is 26.7 Å². The Kier molecular flexibility index (Phi) is 5.61. The molecular weight excluding hydrogens is 163 g/mol. The third-order valence-electron chi connectivity index (χ3n) is 1.20. The van der Waals surface area contributed by atoms with Gasteiger partial charge in [0, 0.05) is 0 Å². The Labute approximate surface area is 69.2 Å². The Morgan fingerprint density at radius 3 is 2.30 bits per heavy atom. The van der Waals surface area contributed by atoms with Crippen LogP contribution in [0.4, 0.5) is 0 Å². The Morgan fingerprint density at radius 1 is 1.30 bits per heavy atom. The zero-order valence-corrected chi connectivity index (χ0v) is 8.80. The molecular formula is C7H17OPS. The quantitative estimate of drug-likeness (QED) is 0.602. The van der Waals surface area contributed by atoms with E-state index in [1.807, 2.05) is 0 Å². The molecule has 10 heavy (non-hydrogen) atoms. The van der Waals surface area contributed by atoms with Gasteiger partial charge in [-0.15, -0.1) is 0 Å². The van der Waals surface area contributed by atoms with Gasteiger partial charge in [0.25, 0.3) is 0 Å². The first-order valence-corrected chi connectivity index (χ1v) is 7.18. The molecule has 0 bridgehead atoms. The largest absolute Gasteiger partial charge is 0.351 e. The SMILES string of the molecule is CCCOP(C)(=S)CCC. The van der Waals surface area contributed by atoms with Crippen molar-refractivity contribution in [2.75, 3.05) is 19.4 Å². The van der Waals surface area contributed by atoms with E-state index in [1.165, 1.54) is 0 Å². The first kappa shape index (κ1) is 10.6. The van der Waals surface area contributed by atoms with Crippen molar-refractivity contribution in [1.82, 2.24) is 0 Å². The Bertz CT molecular complexity index is 125. The van der Waals surface area contributed by atoms with E-state index in [9.17, 15) is 0 Å². The Hall–Kier alpha value is 0.610. The summed E-state index contributed by atoms with van der Waals surface area (Å²) in [5.41, 5.74) is 0. The lowest BCUT2D eigenvalue weighted by molar-refractivity contribution is 0.352. The zero-order valence-electron chi connectivity index (χ0n) is 7.09. The van der Waals surface area contributed by atoms with E-state index in [4.69, 9.17) is 16.3 Å². The molecule has 0 rings (SSSR count). The van der Waals surface area contributed by atoms with Gasteiger partial charge in [-0.25, -0.2) is 0 Å². The predicted molar refractivity (Wildman–Crippen MR) is 51.6 cm³/mol. The monoisotopic (exact) mass is 180 g/mol. The van der Waals surface area contributed by atoms with Gasteiger partial charge in [0.2, 0.25) is 0 Å². The molecule has 0 fully saturated rings. The molecule has 1 unspecified atom stereocenters. The van der Waals surface area contributed by atoms with Gasteiger partial charge in [0.05, 0.1) is 12.9 Å². The van der Waals surface area contributed by atoms with Gasteiger partial charge < -0.3 is 4.52 Å². The topological polar surface area (TPSA) is 9.23 Å². The van der Waals surface area contributed by atoms with Crippen molar-refractivity contribution >= 4 is 18.1 Å². The number of hydrogen-bond donors (Lipinski definition) is 0. The summed E-state index contributed by atoms with van der Waals surface area (Å²) >= 11 is 5.30. The maximum absolute atomic E-state index is 5.54. The molecule has 0 aliphatic rings. The summed E-state index contributed by atoms with van der Waals surface area (Å²) in [5, 5.41) is 0. The van der Waals surface area contributed by atoms with E-state index in [2.05, 4.69) is 20.5 Å². The van der Waals surface area contributed by atoms with Gasteiger partial charge >= 0.3 is 0 Å². The lowest BCUT2D eigenvalue weighted by atomic mass is 10.5. The third kappa shape index (κ3) is 5.40. The van der Waals surface area contributed by atoms with Crippen LogP contribution in [0.2, 0.25) is 0 Å². The summed E-state index contributed by atoms with van der Waals surface area (Å²) in [7, 11) is 0. The molecule has 0 saturated heterocycles. The molecule has 0 heterocycles. The molecule has 0 radical (unpaired) electrons. The molecule has 1 nitrogen and oxygen atoms in total. The minimum atomic E-state index is -1.38. The van der Waals surface area contributed by atoms with Crippen LogP contribution in [0.25, 0.3) is 0 Å². The summed E-state index contributed by atoms with van der Waals surface area (Å²) in [6, 6.07) is 0. The normalized spacial score (nSPS) is 16.7. The van der Waals surface area contributed by atoms with Crippen LogP contribution in [-0.4, -0.2) is 19.4 Å². The van der Waals surface area contributed by atoms with Gasteiger partial charge in [0.1, 0.15) is 0 Å². The number of rotatable bonds is 5. The first-order chi connectivity index (χ1) is 4.62. The van der Waals surface area contributed by atoms with E-state index in [-0.39, 0.29) is 0 Å². The van der Waals surface area contributed by atoms with Crippen LogP contribution >= 0.6 is 6.26 Å². The summed E-state index contributed by atoms with van der Waals surface area (Å²) in [6.45, 7) is 7.19. The van der Waals surface area contributed by atoms with Gasteiger partial charge in [-0.1, -0.05) is 25.7 Å². The van der Waals surface area contributed by atoms with Crippen LogP contribution < -0.4 is 0 Å². The lowest BCUT2D eigenvalue weighted by Gasteiger charge is -2.15. The van der Waals surface area contributed by atoms with Gasteiger partial charge in [-0.05, 0) is 25.7 Å². The second-order valence-corrected chi connectivity index (χ2v) is 7.62. The second-order valence-electron chi connectivity index (χ2n) is 2.57. The molecule has 0 N–H and O–H groups in total. The molecule has 62 valence electrons. The fourth-order valence-electron chi connectivity index (χ4n) is 0.755. The number of hydrogen-bond acceptors (Lipinski definition) is 2. The smallest absolute Gasteiger partial charge is 0.0645 e. The van der Waals surface area contributed by atoms with Crippen LogP contribution in [0.3, 0.4) is 0 Å². The zero-order chi connectivity index (χ0) is 8.04. The maximum Gasteiger partial charge on any atom is 0.0645 e. The molecule has 1 atom stereocenters. The molecule has 0 amide bonds. The maximum atomic E-state index is 5.54. The molecule has 3 heteroatoms. The highest BCUT2D eigenvalue weighted by molar-refractivity contribution is 8.11. The average molecular weight is 180 g/mol. The molecule has 0 aliphatic heterocycles. The second kappa shape index (κ2) is 5.29. The Morgan fingerprint density at radius 2 is 1.90 bits per heavy atom. The van der Waals surface area contributed by atoms with Crippen molar-refractivity contribution < 1.29 is 4.52 Å². The highest BCUT2D eigenvalue weighted by Crippen LogP contribution is 2.43. The van der Waals surface area contributed by atoms with E-state index in [0.717, 1.165) is 25.6 Å². The highest BCUT2D eigenvalue weighted by Gasteiger charge is 2.07. The minimum absolute atomic E-state index is 0.841. The van der Waals surface area contributed by atoms with E-state index < -0.39 is 6.26 Å². The summed E-state index contributed by atoms with van der Waals surface area (Å²) < 4.78 is 5.54. The van der Waals surface area contributed by atoms with Crippen LogP contribution in [0.5, 0.6) is 0 Å². The van der Waals surface area contributed by atoms with Gasteiger partial charge in [-0.2, -0.15) is 0 Å². The van der Waals surface area contributed by atoms with Gasteiger partial charge in [0.15, 0.2) is 0 Å². The summed E-state index contributed by atoms with van der Waals surface area (Å²) in [6.07, 6.45) is 1.94. The summed E-state index contributed by atoms with van der Waals surface area (Å²) in [5.74, 6) is 0. The van der Waals surface area contributed by atoms with Crippen LogP contribution in [0.1, 0.15) is 26.7 Å². The standard InChI is InChI=1S/C7H17OPS/c1-4-6-8-9(3,10)7-5-2/h4-7H2,1-3H3. The third-order valence-corrected chi connectivity index (χ3v) is 4.05. The molecule has 0 aliphatic carbocycles. The average Bonchev–Trinajstić information content (AvgIpc) is 1.84. The lowest BCUT2D eigenvalue weighted by Crippen LogP contribution is -1.93. The fourth-order valence-corrected chi connectivity index (χ4v) is 3.04. The van der Waals surface area contributed by atoms with Crippen molar-refractivity contribution in [1.29, 1.82) is 0 Å². The van der Waals surface area contributed by atoms with Crippen molar-refractivity contribution in [2.24, 2.45) is 0 Å². The molecule has 0 aromatic carbocycles. The van der Waals surface area contributed by atoms with E-state index >= 15 is 0 Å². The van der Waals surface area contributed by atoms with Crippen molar-refractivity contribution in [3.63, 3.8) is 0 Å². The van der Waals surface area contributed by atoms with Gasteiger partial charge in [-0.3, -0.25) is 0 Å². The summed E-state index contributed by atoms with van der Waals surface area (Å²) in [4.78, 5) is 0. The van der Waals surface area contributed by atoms with Crippen LogP contribution in [-0.2, 0) is 16.3 Å². The molecule has 0 saturated carbocycles. The molecule has 0 aromatic rings. The Balaban J connectivity index is 3.53. The predicted octanol–water partition coefficient (Wildman–Crippen LogP) is 2.85. The first-order valence-electron chi connectivity index (χ1n) is 3.83. The van der Waals surface area contributed by atoms with E-state index in [1.54, 1.807) is 0 Å². The molecule has 0 spiro atoms. The molecule has 0 aromatic heterocycles. The minimum Gasteiger partial charge on any atom is -0.351 e. The van der Waals surface area contributed by atoms with E-state index in [0.29, 0.717) is 0 Å². The van der Waals surface area contributed by atoms with Crippen LogP contribution in [0.15, 0.2) is 0 Å².